The molecule has 0 unspecified atom stereocenters. The topological polar surface area (TPSA) is 81.9 Å². The molecule has 0 spiro atoms. The summed E-state index contributed by atoms with van der Waals surface area (Å²) in [6.45, 7) is 6.36. The Kier molecular flexibility index (Phi) is 6.27. The molecule has 3 aromatic heterocycles. The number of halogens is 1. The first-order valence-corrected chi connectivity index (χ1v) is 11.0. The summed E-state index contributed by atoms with van der Waals surface area (Å²) in [7, 11) is 0. The standard InChI is InChI=1S/C23H22FN5O2S/c1-4-31-15-9-10-19(25-11-15)20-13-32-23(26-20)27-22(30)17-12-29(14(2)3)28-21(17)16-7-5-6-8-18(16)24/h5-14H,4H2,1-3H3,(H,26,27,30). The Bertz CT molecular complexity index is 1230. The maximum absolute atomic E-state index is 14.4. The van der Waals surface area contributed by atoms with Gasteiger partial charge in [0.05, 0.1) is 24.1 Å². The third-order valence-corrected chi connectivity index (χ3v) is 5.43. The molecule has 0 aliphatic carbocycles. The van der Waals surface area contributed by atoms with Gasteiger partial charge in [0, 0.05) is 23.2 Å². The fraction of sp³-hybridized carbons (Fsp3) is 0.217. The molecule has 9 heteroatoms. The maximum atomic E-state index is 14.4. The fourth-order valence-electron chi connectivity index (χ4n) is 3.07. The maximum Gasteiger partial charge on any atom is 0.261 e. The number of hydrogen-bond donors (Lipinski definition) is 1. The van der Waals surface area contributed by atoms with Gasteiger partial charge in [0.2, 0.25) is 0 Å². The average molecular weight is 452 g/mol. The number of ether oxygens (including phenoxy) is 1. The van der Waals surface area contributed by atoms with Gasteiger partial charge in [-0.05, 0) is 45.0 Å². The zero-order valence-corrected chi connectivity index (χ0v) is 18.7. The minimum atomic E-state index is -0.436. The third kappa shape index (κ3) is 4.52. The Morgan fingerprint density at radius 2 is 2.03 bits per heavy atom. The number of thiazole rings is 1. The third-order valence-electron chi connectivity index (χ3n) is 4.67. The zero-order chi connectivity index (χ0) is 22.7. The van der Waals surface area contributed by atoms with E-state index >= 15 is 0 Å². The summed E-state index contributed by atoms with van der Waals surface area (Å²) in [5, 5.41) is 9.49. The monoisotopic (exact) mass is 451 g/mol. The normalized spacial score (nSPS) is 11.0. The Morgan fingerprint density at radius 3 is 2.72 bits per heavy atom. The summed E-state index contributed by atoms with van der Waals surface area (Å²) in [4.78, 5) is 21.9. The molecule has 3 heterocycles. The Labute approximate surface area is 188 Å². The number of anilines is 1. The minimum Gasteiger partial charge on any atom is -0.492 e. The number of hydrogen-bond acceptors (Lipinski definition) is 6. The van der Waals surface area contributed by atoms with Gasteiger partial charge >= 0.3 is 0 Å². The second kappa shape index (κ2) is 9.27. The predicted octanol–water partition coefficient (Wildman–Crippen LogP) is 5.44. The van der Waals surface area contributed by atoms with E-state index in [1.54, 1.807) is 35.3 Å². The molecule has 0 aliphatic heterocycles. The van der Waals surface area contributed by atoms with Crippen LogP contribution in [0.25, 0.3) is 22.6 Å². The van der Waals surface area contributed by atoms with Crippen LogP contribution in [0.3, 0.4) is 0 Å². The SMILES string of the molecule is CCOc1ccc(-c2csc(NC(=O)c3cn(C(C)C)nc3-c3ccccc3F)n2)nc1. The number of amides is 1. The van der Waals surface area contributed by atoms with Gasteiger partial charge in [0.25, 0.3) is 5.91 Å². The molecule has 7 nitrogen and oxygen atoms in total. The quantitative estimate of drug-likeness (QED) is 0.405. The van der Waals surface area contributed by atoms with Gasteiger partial charge in [0.15, 0.2) is 5.13 Å². The van der Waals surface area contributed by atoms with Gasteiger partial charge in [-0.25, -0.2) is 9.37 Å². The number of carbonyl (C=O) groups excluding carboxylic acids is 1. The Morgan fingerprint density at radius 1 is 1.22 bits per heavy atom. The lowest BCUT2D eigenvalue weighted by molar-refractivity contribution is 0.102. The van der Waals surface area contributed by atoms with E-state index in [4.69, 9.17) is 4.74 Å². The van der Waals surface area contributed by atoms with E-state index in [1.165, 1.54) is 17.4 Å². The number of nitrogens with zero attached hydrogens (tertiary/aromatic N) is 4. The van der Waals surface area contributed by atoms with E-state index in [0.29, 0.717) is 34.6 Å². The van der Waals surface area contributed by atoms with Crippen molar-refractivity contribution in [3.63, 3.8) is 0 Å². The number of aromatic nitrogens is 4. The van der Waals surface area contributed by atoms with Crippen molar-refractivity contribution in [3.8, 4) is 28.4 Å². The minimum absolute atomic E-state index is 0.0132. The molecular formula is C23H22FN5O2S. The van der Waals surface area contributed by atoms with Crippen molar-refractivity contribution >= 4 is 22.4 Å². The largest absolute Gasteiger partial charge is 0.492 e. The number of pyridine rings is 1. The molecule has 1 N–H and O–H groups in total. The van der Waals surface area contributed by atoms with E-state index in [-0.39, 0.29) is 17.2 Å². The molecular weight excluding hydrogens is 429 g/mol. The summed E-state index contributed by atoms with van der Waals surface area (Å²) in [6, 6.07) is 9.92. The second-order valence-electron chi connectivity index (χ2n) is 7.25. The molecule has 0 radical (unpaired) electrons. The molecule has 0 fully saturated rings. The molecule has 0 atom stereocenters. The van der Waals surface area contributed by atoms with Crippen LogP contribution >= 0.6 is 11.3 Å². The molecule has 4 rings (SSSR count). The van der Waals surface area contributed by atoms with Crippen LogP contribution in [0, 0.1) is 5.82 Å². The van der Waals surface area contributed by atoms with E-state index in [1.807, 2.05) is 38.3 Å². The predicted molar refractivity (Wildman–Crippen MR) is 122 cm³/mol. The van der Waals surface area contributed by atoms with Crippen LogP contribution in [0.15, 0.2) is 54.2 Å². The van der Waals surface area contributed by atoms with Crippen LogP contribution in [0.4, 0.5) is 9.52 Å². The summed E-state index contributed by atoms with van der Waals surface area (Å²) >= 11 is 1.28. The average Bonchev–Trinajstić information content (AvgIpc) is 3.42. The molecule has 0 saturated heterocycles. The van der Waals surface area contributed by atoms with Crippen molar-refractivity contribution in [2.75, 3.05) is 11.9 Å². The van der Waals surface area contributed by atoms with Crippen LogP contribution in [-0.2, 0) is 0 Å². The van der Waals surface area contributed by atoms with Gasteiger partial charge in [0.1, 0.15) is 23.0 Å². The highest BCUT2D eigenvalue weighted by Crippen LogP contribution is 2.29. The van der Waals surface area contributed by atoms with Gasteiger partial charge in [-0.1, -0.05) is 12.1 Å². The molecule has 4 aromatic rings. The van der Waals surface area contributed by atoms with Crippen molar-refractivity contribution in [1.29, 1.82) is 0 Å². The molecule has 164 valence electrons. The van der Waals surface area contributed by atoms with E-state index in [2.05, 4.69) is 20.4 Å². The molecule has 1 aromatic carbocycles. The lowest BCUT2D eigenvalue weighted by atomic mass is 10.1. The van der Waals surface area contributed by atoms with Crippen LogP contribution < -0.4 is 10.1 Å². The lowest BCUT2D eigenvalue weighted by Gasteiger charge is -2.04. The van der Waals surface area contributed by atoms with E-state index < -0.39 is 11.7 Å². The fourth-order valence-corrected chi connectivity index (χ4v) is 3.77. The molecule has 0 bridgehead atoms. The number of carbonyl (C=O) groups is 1. The van der Waals surface area contributed by atoms with E-state index in [9.17, 15) is 9.18 Å². The smallest absolute Gasteiger partial charge is 0.261 e. The highest BCUT2D eigenvalue weighted by atomic mass is 32.1. The zero-order valence-electron chi connectivity index (χ0n) is 17.9. The lowest BCUT2D eigenvalue weighted by Crippen LogP contribution is -2.12. The summed E-state index contributed by atoms with van der Waals surface area (Å²) in [5.74, 6) is -0.160. The van der Waals surface area contributed by atoms with Crippen molar-refractivity contribution in [1.82, 2.24) is 19.7 Å². The highest BCUT2D eigenvalue weighted by Gasteiger charge is 2.22. The van der Waals surface area contributed by atoms with Crippen molar-refractivity contribution in [2.45, 2.75) is 26.8 Å². The molecule has 0 aliphatic rings. The Hall–Kier alpha value is -3.59. The van der Waals surface area contributed by atoms with Gasteiger partial charge in [-0.3, -0.25) is 19.8 Å². The van der Waals surface area contributed by atoms with Gasteiger partial charge < -0.3 is 4.74 Å². The number of benzene rings is 1. The van der Waals surface area contributed by atoms with E-state index in [0.717, 1.165) is 0 Å². The summed E-state index contributed by atoms with van der Waals surface area (Å²) in [5.41, 5.74) is 2.15. The first-order valence-electron chi connectivity index (χ1n) is 10.2. The highest BCUT2D eigenvalue weighted by molar-refractivity contribution is 7.14. The van der Waals surface area contributed by atoms with Crippen LogP contribution in [0.2, 0.25) is 0 Å². The van der Waals surface area contributed by atoms with Gasteiger partial charge in [-0.2, -0.15) is 5.10 Å². The second-order valence-corrected chi connectivity index (χ2v) is 8.11. The van der Waals surface area contributed by atoms with Crippen molar-refractivity contribution < 1.29 is 13.9 Å². The number of nitrogens with one attached hydrogen (secondary N) is 1. The molecule has 0 saturated carbocycles. The first kappa shape index (κ1) is 21.6. The molecule has 1 amide bonds. The summed E-state index contributed by atoms with van der Waals surface area (Å²) < 4.78 is 21.5. The van der Waals surface area contributed by atoms with Crippen LogP contribution in [0.1, 0.15) is 37.2 Å². The van der Waals surface area contributed by atoms with Crippen molar-refractivity contribution in [3.05, 3.63) is 65.6 Å². The van der Waals surface area contributed by atoms with Crippen molar-refractivity contribution in [2.24, 2.45) is 0 Å². The first-order chi connectivity index (χ1) is 15.5. The number of rotatable bonds is 7. The molecule has 32 heavy (non-hydrogen) atoms. The van der Waals surface area contributed by atoms with Gasteiger partial charge in [-0.15, -0.1) is 11.3 Å². The Balaban J connectivity index is 1.59. The van der Waals surface area contributed by atoms with Crippen LogP contribution in [-0.4, -0.2) is 32.3 Å². The van der Waals surface area contributed by atoms with Crippen LogP contribution in [0.5, 0.6) is 5.75 Å². The summed E-state index contributed by atoms with van der Waals surface area (Å²) in [6.07, 6.45) is 3.27.